The summed E-state index contributed by atoms with van der Waals surface area (Å²) in [5, 5.41) is 10.1. The molecule has 7 nitrogen and oxygen atoms in total. The Morgan fingerprint density at radius 2 is 1.91 bits per heavy atom. The van der Waals surface area contributed by atoms with Crippen molar-refractivity contribution in [2.75, 3.05) is 26.2 Å². The maximum Gasteiger partial charge on any atom is 0.279 e. The summed E-state index contributed by atoms with van der Waals surface area (Å²) < 4.78 is 28.7. The highest BCUT2D eigenvalue weighted by Gasteiger charge is 2.23. The van der Waals surface area contributed by atoms with Gasteiger partial charge in [-0.2, -0.15) is 22.5 Å². The van der Waals surface area contributed by atoms with Crippen molar-refractivity contribution >= 4 is 10.2 Å². The Hall–Kier alpha value is -1.74. The summed E-state index contributed by atoms with van der Waals surface area (Å²) in [7, 11) is -3.46. The molecular formula is C14H19N5O2S. The van der Waals surface area contributed by atoms with Gasteiger partial charge in [0.1, 0.15) is 0 Å². The van der Waals surface area contributed by atoms with E-state index in [0.29, 0.717) is 26.2 Å². The average molecular weight is 321 g/mol. The predicted octanol–water partition coefficient (Wildman–Crippen LogP) is 0.316. The number of aromatic nitrogens is 2. The summed E-state index contributed by atoms with van der Waals surface area (Å²) in [4.78, 5) is 0. The van der Waals surface area contributed by atoms with Crippen LogP contribution in [-0.2, 0) is 16.8 Å². The fourth-order valence-corrected chi connectivity index (χ4v) is 3.63. The number of nitrogens with one attached hydrogen (secondary N) is 3. The van der Waals surface area contributed by atoms with Crippen molar-refractivity contribution in [3.63, 3.8) is 0 Å². The zero-order valence-corrected chi connectivity index (χ0v) is 12.9. The number of nitrogens with zero attached hydrogens (tertiary/aromatic N) is 2. The van der Waals surface area contributed by atoms with Crippen LogP contribution in [0.5, 0.6) is 0 Å². The molecular weight excluding hydrogens is 302 g/mol. The molecule has 118 valence electrons. The Bertz CT molecular complexity index is 708. The van der Waals surface area contributed by atoms with E-state index in [0.717, 1.165) is 16.8 Å². The van der Waals surface area contributed by atoms with Gasteiger partial charge in [0.2, 0.25) is 0 Å². The molecule has 3 rings (SSSR count). The van der Waals surface area contributed by atoms with Gasteiger partial charge < -0.3 is 5.32 Å². The van der Waals surface area contributed by atoms with E-state index in [1.54, 1.807) is 6.20 Å². The first-order valence-corrected chi connectivity index (χ1v) is 8.64. The van der Waals surface area contributed by atoms with Gasteiger partial charge in [-0.3, -0.25) is 5.10 Å². The van der Waals surface area contributed by atoms with Gasteiger partial charge in [0.15, 0.2) is 0 Å². The third kappa shape index (κ3) is 3.36. The molecule has 0 atom stereocenters. The van der Waals surface area contributed by atoms with E-state index in [2.05, 4.69) is 20.2 Å². The zero-order chi connectivity index (χ0) is 15.4. The third-order valence-corrected chi connectivity index (χ3v) is 5.20. The molecule has 1 aromatic carbocycles. The third-order valence-electron chi connectivity index (χ3n) is 3.64. The van der Waals surface area contributed by atoms with Gasteiger partial charge in [0.05, 0.1) is 11.9 Å². The minimum Gasteiger partial charge on any atom is -0.314 e. The Labute approximate surface area is 129 Å². The molecule has 0 aliphatic carbocycles. The molecule has 2 aromatic rings. The molecule has 8 heteroatoms. The second-order valence-electron chi connectivity index (χ2n) is 5.11. The molecule has 3 N–H and O–H groups in total. The lowest BCUT2D eigenvalue weighted by atomic mass is 10.1. The molecule has 0 amide bonds. The smallest absolute Gasteiger partial charge is 0.279 e. The zero-order valence-electron chi connectivity index (χ0n) is 12.1. The number of aromatic amines is 1. The number of H-pyrrole nitrogens is 1. The molecule has 0 saturated carbocycles. The summed E-state index contributed by atoms with van der Waals surface area (Å²) in [6.07, 6.45) is 1.66. The molecule has 1 aliphatic rings. The minimum absolute atomic E-state index is 0.215. The van der Waals surface area contributed by atoms with Gasteiger partial charge in [-0.25, -0.2) is 0 Å². The Morgan fingerprint density at radius 3 is 2.64 bits per heavy atom. The highest BCUT2D eigenvalue weighted by Crippen LogP contribution is 2.20. The van der Waals surface area contributed by atoms with Crippen LogP contribution in [0.4, 0.5) is 0 Å². The van der Waals surface area contributed by atoms with E-state index in [1.165, 1.54) is 4.31 Å². The lowest BCUT2D eigenvalue weighted by molar-refractivity contribution is 0.354. The molecule has 22 heavy (non-hydrogen) atoms. The van der Waals surface area contributed by atoms with Gasteiger partial charge in [0.25, 0.3) is 10.2 Å². The maximum atomic E-state index is 12.3. The summed E-state index contributed by atoms with van der Waals surface area (Å²) >= 11 is 0. The molecule has 0 bridgehead atoms. The molecule has 1 fully saturated rings. The van der Waals surface area contributed by atoms with Crippen molar-refractivity contribution in [1.29, 1.82) is 0 Å². The Balaban J connectivity index is 1.71. The monoisotopic (exact) mass is 321 g/mol. The maximum absolute atomic E-state index is 12.3. The van der Waals surface area contributed by atoms with Crippen LogP contribution in [0, 0.1) is 0 Å². The molecule has 0 unspecified atom stereocenters. The first kappa shape index (κ1) is 15.2. The number of benzene rings is 1. The van der Waals surface area contributed by atoms with E-state index in [1.807, 2.05) is 30.3 Å². The van der Waals surface area contributed by atoms with Crippen LogP contribution in [0.25, 0.3) is 11.3 Å². The number of hydrogen-bond donors (Lipinski definition) is 3. The fraction of sp³-hybridized carbons (Fsp3) is 0.357. The van der Waals surface area contributed by atoms with Crippen molar-refractivity contribution in [3.8, 4) is 11.3 Å². The van der Waals surface area contributed by atoms with E-state index < -0.39 is 10.2 Å². The van der Waals surface area contributed by atoms with Crippen LogP contribution >= 0.6 is 0 Å². The summed E-state index contributed by atoms with van der Waals surface area (Å²) in [5.41, 5.74) is 2.64. The van der Waals surface area contributed by atoms with Crippen molar-refractivity contribution < 1.29 is 8.42 Å². The van der Waals surface area contributed by atoms with Gasteiger partial charge in [-0.1, -0.05) is 30.3 Å². The fourth-order valence-electron chi connectivity index (χ4n) is 2.44. The Morgan fingerprint density at radius 1 is 1.18 bits per heavy atom. The minimum atomic E-state index is -3.46. The van der Waals surface area contributed by atoms with Crippen LogP contribution < -0.4 is 10.0 Å². The van der Waals surface area contributed by atoms with E-state index in [9.17, 15) is 8.42 Å². The second-order valence-corrected chi connectivity index (χ2v) is 6.87. The van der Waals surface area contributed by atoms with Crippen molar-refractivity contribution in [1.82, 2.24) is 24.5 Å². The molecule has 0 radical (unpaired) electrons. The van der Waals surface area contributed by atoms with Crippen LogP contribution in [-0.4, -0.2) is 49.1 Å². The highest BCUT2D eigenvalue weighted by atomic mass is 32.2. The second kappa shape index (κ2) is 6.57. The lowest BCUT2D eigenvalue weighted by Gasteiger charge is -2.26. The normalized spacial score (nSPS) is 16.7. The number of rotatable bonds is 5. The predicted molar refractivity (Wildman–Crippen MR) is 84.2 cm³/mol. The van der Waals surface area contributed by atoms with E-state index >= 15 is 0 Å². The van der Waals surface area contributed by atoms with Crippen molar-refractivity contribution in [3.05, 3.63) is 42.1 Å². The lowest BCUT2D eigenvalue weighted by Crippen LogP contribution is -2.50. The van der Waals surface area contributed by atoms with Gasteiger partial charge in [-0.15, -0.1) is 0 Å². The van der Waals surface area contributed by atoms with Crippen molar-refractivity contribution in [2.45, 2.75) is 6.54 Å². The van der Waals surface area contributed by atoms with Crippen LogP contribution in [0.3, 0.4) is 0 Å². The Kier molecular flexibility index (Phi) is 4.53. The molecule has 1 aromatic heterocycles. The average Bonchev–Trinajstić information content (AvgIpc) is 3.03. The summed E-state index contributed by atoms with van der Waals surface area (Å²) in [6.45, 7) is 2.56. The van der Waals surface area contributed by atoms with E-state index in [-0.39, 0.29) is 6.54 Å². The van der Waals surface area contributed by atoms with E-state index in [4.69, 9.17) is 0 Å². The van der Waals surface area contributed by atoms with Crippen LogP contribution in [0.1, 0.15) is 5.56 Å². The topological polar surface area (TPSA) is 90.1 Å². The van der Waals surface area contributed by atoms with Gasteiger partial charge in [0, 0.05) is 38.3 Å². The van der Waals surface area contributed by atoms with Crippen LogP contribution in [0.2, 0.25) is 0 Å². The van der Waals surface area contributed by atoms with Gasteiger partial charge >= 0.3 is 0 Å². The summed E-state index contributed by atoms with van der Waals surface area (Å²) in [5.74, 6) is 0. The molecule has 1 aliphatic heterocycles. The molecule has 2 heterocycles. The molecule has 1 saturated heterocycles. The quantitative estimate of drug-likeness (QED) is 0.740. The first-order valence-electron chi connectivity index (χ1n) is 7.20. The number of hydrogen-bond acceptors (Lipinski definition) is 4. The molecule has 0 spiro atoms. The highest BCUT2D eigenvalue weighted by molar-refractivity contribution is 7.87. The first-order chi connectivity index (χ1) is 10.7. The largest absolute Gasteiger partial charge is 0.314 e. The summed E-state index contributed by atoms with van der Waals surface area (Å²) in [6, 6.07) is 9.73. The number of piperazine rings is 1. The standard InChI is InChI=1S/C14H19N5O2S/c20-22(21,19-8-6-15-7-9-19)17-11-13-10-16-18-14(13)12-4-2-1-3-5-12/h1-5,10,15,17H,6-9,11H2,(H,16,18). The van der Waals surface area contributed by atoms with Gasteiger partial charge in [-0.05, 0) is 5.56 Å². The van der Waals surface area contributed by atoms with Crippen LogP contribution in [0.15, 0.2) is 36.5 Å². The SMILES string of the molecule is O=S(=O)(NCc1cn[nH]c1-c1ccccc1)N1CCNCC1. The van der Waals surface area contributed by atoms with Crippen molar-refractivity contribution in [2.24, 2.45) is 0 Å².